The topological polar surface area (TPSA) is 21.7 Å². The molecule has 0 saturated heterocycles. The minimum atomic E-state index is -0.0614. The van der Waals surface area contributed by atoms with E-state index in [2.05, 4.69) is 32.0 Å². The zero-order valence-corrected chi connectivity index (χ0v) is 14.7. The molecule has 122 valence electrons. The van der Waals surface area contributed by atoms with E-state index in [1.165, 1.54) is 5.56 Å². The molecule has 3 rings (SSSR count). The first kappa shape index (κ1) is 16.2. The molecular formula is C19H22ClNO2. The summed E-state index contributed by atoms with van der Waals surface area (Å²) in [5.41, 5.74) is 3.44. The lowest BCUT2D eigenvalue weighted by Gasteiger charge is -2.28. The number of fused-ring (bicyclic) bond motifs is 1. The summed E-state index contributed by atoms with van der Waals surface area (Å²) in [6.07, 6.45) is 0.827. The first-order valence-corrected chi connectivity index (χ1v) is 8.14. The zero-order valence-electron chi connectivity index (χ0n) is 14.0. The van der Waals surface area contributed by atoms with Crippen LogP contribution in [0, 0.1) is 6.92 Å². The summed E-state index contributed by atoms with van der Waals surface area (Å²) in [6.45, 7) is 2.06. The Morgan fingerprint density at radius 1 is 1.13 bits per heavy atom. The van der Waals surface area contributed by atoms with Gasteiger partial charge in [-0.25, -0.2) is 0 Å². The predicted octanol–water partition coefficient (Wildman–Crippen LogP) is 4.26. The fourth-order valence-corrected chi connectivity index (χ4v) is 3.45. The van der Waals surface area contributed by atoms with Crippen LogP contribution in [0.2, 0.25) is 5.02 Å². The average Bonchev–Trinajstić information content (AvgIpc) is 2.87. The second-order valence-corrected chi connectivity index (χ2v) is 6.65. The quantitative estimate of drug-likeness (QED) is 0.835. The Balaban J connectivity index is 2.04. The molecule has 2 aromatic carbocycles. The van der Waals surface area contributed by atoms with Gasteiger partial charge in [0.2, 0.25) is 0 Å². The summed E-state index contributed by atoms with van der Waals surface area (Å²) >= 11 is 6.28. The summed E-state index contributed by atoms with van der Waals surface area (Å²) < 4.78 is 11.9. The van der Waals surface area contributed by atoms with Crippen LogP contribution in [0.25, 0.3) is 0 Å². The molecule has 0 N–H and O–H groups in total. The van der Waals surface area contributed by atoms with Gasteiger partial charge in [0.05, 0.1) is 13.2 Å². The van der Waals surface area contributed by atoms with Crippen LogP contribution in [0.3, 0.4) is 0 Å². The van der Waals surface area contributed by atoms with Crippen LogP contribution < -0.4 is 9.47 Å². The van der Waals surface area contributed by atoms with E-state index in [9.17, 15) is 0 Å². The molecule has 2 atom stereocenters. The van der Waals surface area contributed by atoms with Gasteiger partial charge in [0, 0.05) is 16.1 Å². The molecule has 1 aliphatic carbocycles. The van der Waals surface area contributed by atoms with E-state index >= 15 is 0 Å². The van der Waals surface area contributed by atoms with Crippen molar-refractivity contribution < 1.29 is 9.47 Å². The van der Waals surface area contributed by atoms with Crippen molar-refractivity contribution in [2.24, 2.45) is 0 Å². The first-order chi connectivity index (χ1) is 11.0. The van der Waals surface area contributed by atoms with Crippen molar-refractivity contribution in [3.05, 3.63) is 58.1 Å². The molecule has 0 bridgehead atoms. The summed E-state index contributed by atoms with van der Waals surface area (Å²) in [6, 6.07) is 12.2. The maximum absolute atomic E-state index is 6.41. The molecule has 0 unspecified atom stereocenters. The smallest absolute Gasteiger partial charge is 0.140 e. The number of aryl methyl sites for hydroxylation is 1. The number of para-hydroxylation sites is 1. The molecule has 0 radical (unpaired) electrons. The highest BCUT2D eigenvalue weighted by molar-refractivity contribution is 6.30. The molecule has 2 aromatic rings. The van der Waals surface area contributed by atoms with Gasteiger partial charge in [-0.2, -0.15) is 0 Å². The van der Waals surface area contributed by atoms with Crippen LogP contribution in [-0.4, -0.2) is 32.1 Å². The lowest BCUT2D eigenvalue weighted by molar-refractivity contribution is 0.110. The Kier molecular flexibility index (Phi) is 4.51. The average molecular weight is 332 g/mol. The maximum Gasteiger partial charge on any atom is 0.140 e. The lowest BCUT2D eigenvalue weighted by atomic mass is 10.1. The van der Waals surface area contributed by atoms with Crippen molar-refractivity contribution in [3.8, 4) is 11.5 Å². The molecule has 0 aliphatic heterocycles. The van der Waals surface area contributed by atoms with E-state index in [1.807, 2.05) is 30.3 Å². The predicted molar refractivity (Wildman–Crippen MR) is 93.7 cm³/mol. The number of hydrogen-bond acceptors (Lipinski definition) is 3. The minimum Gasteiger partial charge on any atom is -0.496 e. The first-order valence-electron chi connectivity index (χ1n) is 7.76. The molecule has 0 fully saturated rings. The van der Waals surface area contributed by atoms with Crippen LogP contribution in [0.1, 0.15) is 22.8 Å². The molecule has 1 aliphatic rings. The number of nitrogens with zero attached hydrogens (tertiary/aromatic N) is 1. The highest BCUT2D eigenvalue weighted by Crippen LogP contribution is 2.43. The van der Waals surface area contributed by atoms with E-state index in [1.54, 1.807) is 7.11 Å². The Labute approximate surface area is 142 Å². The molecule has 0 spiro atoms. The lowest BCUT2D eigenvalue weighted by Crippen LogP contribution is -2.34. The van der Waals surface area contributed by atoms with Crippen molar-refractivity contribution in [1.82, 2.24) is 4.90 Å². The van der Waals surface area contributed by atoms with Gasteiger partial charge >= 0.3 is 0 Å². The summed E-state index contributed by atoms with van der Waals surface area (Å²) in [4.78, 5) is 2.20. The van der Waals surface area contributed by atoms with Gasteiger partial charge in [-0.05, 0) is 51.2 Å². The van der Waals surface area contributed by atoms with E-state index in [-0.39, 0.29) is 12.1 Å². The number of benzene rings is 2. The zero-order chi connectivity index (χ0) is 16.6. The van der Waals surface area contributed by atoms with Crippen LogP contribution in [0.5, 0.6) is 11.5 Å². The van der Waals surface area contributed by atoms with Gasteiger partial charge in [-0.3, -0.25) is 0 Å². The second-order valence-electron chi connectivity index (χ2n) is 6.21. The third-order valence-corrected chi connectivity index (χ3v) is 4.73. The fraction of sp³-hybridized carbons (Fsp3) is 0.368. The summed E-state index contributed by atoms with van der Waals surface area (Å²) in [5, 5.41) is 0.679. The van der Waals surface area contributed by atoms with Gasteiger partial charge in [0.1, 0.15) is 17.6 Å². The number of halogens is 1. The van der Waals surface area contributed by atoms with Gasteiger partial charge in [-0.15, -0.1) is 0 Å². The highest BCUT2D eigenvalue weighted by Gasteiger charge is 2.38. The Morgan fingerprint density at radius 2 is 1.87 bits per heavy atom. The number of hydrogen-bond donors (Lipinski definition) is 0. The van der Waals surface area contributed by atoms with Crippen LogP contribution in [0.4, 0.5) is 0 Å². The standard InChI is InChI=1S/C19H22ClNO2/c1-12-7-5-6-8-17(12)23-19-15-9-13(20)10-18(22-4)14(15)11-16(19)21(2)3/h5-10,16,19H,11H2,1-4H3/t16-,19-/m0/s1. The van der Waals surface area contributed by atoms with Crippen LogP contribution in [0.15, 0.2) is 36.4 Å². The van der Waals surface area contributed by atoms with Crippen molar-refractivity contribution in [3.63, 3.8) is 0 Å². The molecule has 3 nitrogen and oxygen atoms in total. The molecule has 0 aromatic heterocycles. The van der Waals surface area contributed by atoms with E-state index in [0.29, 0.717) is 5.02 Å². The van der Waals surface area contributed by atoms with Crippen LogP contribution >= 0.6 is 11.6 Å². The highest BCUT2D eigenvalue weighted by atomic mass is 35.5. The summed E-state index contributed by atoms with van der Waals surface area (Å²) in [7, 11) is 5.85. The van der Waals surface area contributed by atoms with Gasteiger partial charge < -0.3 is 14.4 Å². The van der Waals surface area contributed by atoms with E-state index < -0.39 is 0 Å². The summed E-state index contributed by atoms with van der Waals surface area (Å²) in [5.74, 6) is 1.76. The van der Waals surface area contributed by atoms with E-state index in [0.717, 1.165) is 29.0 Å². The number of rotatable bonds is 4. The molecule has 0 amide bonds. The third kappa shape index (κ3) is 3.04. The van der Waals surface area contributed by atoms with Crippen LogP contribution in [-0.2, 0) is 6.42 Å². The van der Waals surface area contributed by atoms with Crippen molar-refractivity contribution in [2.75, 3.05) is 21.2 Å². The van der Waals surface area contributed by atoms with Crippen molar-refractivity contribution in [1.29, 1.82) is 0 Å². The number of ether oxygens (including phenoxy) is 2. The SMILES string of the molecule is COc1cc(Cl)cc2c1C[C@H](N(C)C)[C@H]2Oc1ccccc1C. The third-order valence-electron chi connectivity index (χ3n) is 4.51. The Bertz CT molecular complexity index is 715. The Hall–Kier alpha value is -1.71. The largest absolute Gasteiger partial charge is 0.496 e. The number of likely N-dealkylation sites (N-methyl/N-ethyl adjacent to an activating group) is 1. The Morgan fingerprint density at radius 3 is 2.52 bits per heavy atom. The van der Waals surface area contributed by atoms with Gasteiger partial charge in [0.15, 0.2) is 0 Å². The van der Waals surface area contributed by atoms with Gasteiger partial charge in [-0.1, -0.05) is 29.8 Å². The monoisotopic (exact) mass is 331 g/mol. The van der Waals surface area contributed by atoms with E-state index in [4.69, 9.17) is 21.1 Å². The maximum atomic E-state index is 6.41. The minimum absolute atomic E-state index is 0.0614. The van der Waals surface area contributed by atoms with Gasteiger partial charge in [0.25, 0.3) is 0 Å². The molecule has 23 heavy (non-hydrogen) atoms. The van der Waals surface area contributed by atoms with Crippen molar-refractivity contribution >= 4 is 11.6 Å². The fourth-order valence-electron chi connectivity index (χ4n) is 3.23. The second kappa shape index (κ2) is 6.42. The number of methoxy groups -OCH3 is 1. The normalized spacial score (nSPS) is 19.7. The molecule has 4 heteroatoms. The molecular weight excluding hydrogens is 310 g/mol. The van der Waals surface area contributed by atoms with Crippen molar-refractivity contribution in [2.45, 2.75) is 25.5 Å². The molecule has 0 heterocycles. The molecule has 0 saturated carbocycles.